The summed E-state index contributed by atoms with van der Waals surface area (Å²) in [7, 11) is 0. The van der Waals surface area contributed by atoms with Gasteiger partial charge in [-0.2, -0.15) is 0 Å². The fraction of sp³-hybridized carbons (Fsp3) is 0.346. The third-order valence-electron chi connectivity index (χ3n) is 5.53. The van der Waals surface area contributed by atoms with Crippen LogP contribution in [0, 0.1) is 13.8 Å². The van der Waals surface area contributed by atoms with E-state index in [9.17, 15) is 14.4 Å². The lowest BCUT2D eigenvalue weighted by Gasteiger charge is -2.19. The summed E-state index contributed by atoms with van der Waals surface area (Å²) >= 11 is 0. The quantitative estimate of drug-likeness (QED) is 0.453. The van der Waals surface area contributed by atoms with Crippen molar-refractivity contribution in [1.29, 1.82) is 0 Å². The van der Waals surface area contributed by atoms with E-state index < -0.39 is 11.6 Å². The third-order valence-corrected chi connectivity index (χ3v) is 5.53. The fourth-order valence-electron chi connectivity index (χ4n) is 3.38. The van der Waals surface area contributed by atoms with Gasteiger partial charge in [-0.1, -0.05) is 45.0 Å². The van der Waals surface area contributed by atoms with Crippen LogP contribution in [0.25, 0.3) is 11.0 Å². The van der Waals surface area contributed by atoms with Crippen LogP contribution in [0.5, 0.6) is 0 Å². The normalized spacial score (nSPS) is 11.4. The van der Waals surface area contributed by atoms with Crippen LogP contribution in [0.2, 0.25) is 0 Å². The van der Waals surface area contributed by atoms with E-state index in [0.717, 1.165) is 22.1 Å². The van der Waals surface area contributed by atoms with Crippen LogP contribution in [0.4, 0.5) is 0 Å². The molecule has 1 heterocycles. The van der Waals surface area contributed by atoms with Gasteiger partial charge in [-0.15, -0.1) is 0 Å². The van der Waals surface area contributed by atoms with Gasteiger partial charge in [0.15, 0.2) is 0 Å². The predicted octanol–water partition coefficient (Wildman–Crippen LogP) is 4.57. The van der Waals surface area contributed by atoms with Gasteiger partial charge in [-0.05, 0) is 48.1 Å². The Morgan fingerprint density at radius 1 is 1.03 bits per heavy atom. The molecule has 2 aromatic carbocycles. The van der Waals surface area contributed by atoms with E-state index in [4.69, 9.17) is 9.15 Å². The molecule has 3 aromatic rings. The second kappa shape index (κ2) is 9.39. The topological polar surface area (TPSA) is 85.6 Å². The lowest BCUT2D eigenvalue weighted by Crippen LogP contribution is -2.26. The molecule has 0 fully saturated rings. The molecule has 168 valence electrons. The molecule has 1 N–H and O–H groups in total. The number of amides is 1. The van der Waals surface area contributed by atoms with Gasteiger partial charge in [0.1, 0.15) is 12.2 Å². The molecule has 0 spiro atoms. The van der Waals surface area contributed by atoms with Gasteiger partial charge in [0.05, 0.1) is 6.42 Å². The van der Waals surface area contributed by atoms with Gasteiger partial charge < -0.3 is 14.5 Å². The summed E-state index contributed by atoms with van der Waals surface area (Å²) < 4.78 is 10.7. The molecule has 0 bridgehead atoms. The summed E-state index contributed by atoms with van der Waals surface area (Å²) in [6.45, 7) is 10.3. The maximum absolute atomic E-state index is 12.3. The van der Waals surface area contributed by atoms with E-state index in [2.05, 4.69) is 26.1 Å². The second-order valence-electron chi connectivity index (χ2n) is 8.97. The third kappa shape index (κ3) is 5.44. The number of aryl methyl sites for hydroxylation is 2. The Balaban J connectivity index is 1.54. The minimum atomic E-state index is -0.484. The van der Waals surface area contributed by atoms with Gasteiger partial charge in [-0.3, -0.25) is 9.59 Å². The van der Waals surface area contributed by atoms with E-state index >= 15 is 0 Å². The number of hydrogen-bond donors (Lipinski definition) is 1. The van der Waals surface area contributed by atoms with Crippen molar-refractivity contribution in [3.63, 3.8) is 0 Å². The Morgan fingerprint density at radius 2 is 1.72 bits per heavy atom. The molecule has 0 aliphatic heterocycles. The number of rotatable bonds is 6. The van der Waals surface area contributed by atoms with Gasteiger partial charge in [0.2, 0.25) is 0 Å². The molecule has 0 saturated heterocycles. The molecule has 0 radical (unpaired) electrons. The first-order valence-corrected chi connectivity index (χ1v) is 10.6. The van der Waals surface area contributed by atoms with Crippen molar-refractivity contribution in [1.82, 2.24) is 5.32 Å². The van der Waals surface area contributed by atoms with Crippen LogP contribution >= 0.6 is 0 Å². The molecule has 3 rings (SSSR count). The van der Waals surface area contributed by atoms with Crippen molar-refractivity contribution in [2.24, 2.45) is 0 Å². The first-order valence-electron chi connectivity index (χ1n) is 10.6. The molecule has 6 nitrogen and oxygen atoms in total. The maximum atomic E-state index is 12.3. The lowest BCUT2D eigenvalue weighted by molar-refractivity contribution is -0.144. The Labute approximate surface area is 187 Å². The highest BCUT2D eigenvalue weighted by molar-refractivity contribution is 5.94. The summed E-state index contributed by atoms with van der Waals surface area (Å²) in [6.07, 6.45) is 0.0311. The van der Waals surface area contributed by atoms with Gasteiger partial charge in [0.25, 0.3) is 5.91 Å². The summed E-state index contributed by atoms with van der Waals surface area (Å²) in [4.78, 5) is 36.4. The zero-order valence-electron chi connectivity index (χ0n) is 19.2. The largest absolute Gasteiger partial charge is 0.461 e. The molecular formula is C26H29NO5. The molecule has 0 atom stereocenters. The first kappa shape index (κ1) is 23.3. The highest BCUT2D eigenvalue weighted by Crippen LogP contribution is 2.24. The summed E-state index contributed by atoms with van der Waals surface area (Å²) in [5.74, 6) is -0.700. The van der Waals surface area contributed by atoms with Crippen LogP contribution in [-0.2, 0) is 21.6 Å². The SMILES string of the molecule is Cc1ccc2c(COC(=O)CCNC(=O)c3ccc(C(C)(C)C)cc3)cc(=O)oc2c1C. The van der Waals surface area contributed by atoms with Gasteiger partial charge >= 0.3 is 11.6 Å². The van der Waals surface area contributed by atoms with Crippen molar-refractivity contribution in [2.75, 3.05) is 6.54 Å². The van der Waals surface area contributed by atoms with E-state index in [0.29, 0.717) is 16.7 Å². The number of carbonyl (C=O) groups excluding carboxylic acids is 2. The Bertz CT molecular complexity index is 1200. The number of fused-ring (bicyclic) bond motifs is 1. The molecule has 0 saturated carbocycles. The molecule has 32 heavy (non-hydrogen) atoms. The highest BCUT2D eigenvalue weighted by atomic mass is 16.5. The smallest absolute Gasteiger partial charge is 0.336 e. The first-order chi connectivity index (χ1) is 15.1. The predicted molar refractivity (Wildman–Crippen MR) is 124 cm³/mol. The average molecular weight is 436 g/mol. The Kier molecular flexibility index (Phi) is 6.82. The molecule has 1 aromatic heterocycles. The van der Waals surface area contributed by atoms with Crippen LogP contribution in [0.15, 0.2) is 51.7 Å². The maximum Gasteiger partial charge on any atom is 0.336 e. The lowest BCUT2D eigenvalue weighted by atomic mass is 9.87. The minimum Gasteiger partial charge on any atom is -0.461 e. The molecule has 0 aliphatic carbocycles. The Hall–Kier alpha value is -3.41. The van der Waals surface area contributed by atoms with Crippen molar-refractivity contribution >= 4 is 22.8 Å². The number of hydrogen-bond acceptors (Lipinski definition) is 5. The molecule has 6 heteroatoms. The molecule has 0 unspecified atom stereocenters. The standard InChI is InChI=1S/C26H29NO5/c1-16-6-11-21-19(14-23(29)32-24(21)17(16)2)15-31-22(28)12-13-27-25(30)18-7-9-20(10-8-18)26(3,4)5/h6-11,14H,12-13,15H2,1-5H3,(H,27,30). The zero-order valence-corrected chi connectivity index (χ0v) is 19.2. The van der Waals surface area contributed by atoms with E-state index in [1.54, 1.807) is 12.1 Å². The van der Waals surface area contributed by atoms with Crippen LogP contribution in [-0.4, -0.2) is 18.4 Å². The number of benzene rings is 2. The number of carbonyl (C=O) groups is 2. The summed E-state index contributed by atoms with van der Waals surface area (Å²) in [6, 6.07) is 12.6. The second-order valence-corrected chi connectivity index (χ2v) is 8.97. The molecular weight excluding hydrogens is 406 g/mol. The van der Waals surface area contributed by atoms with Crippen LogP contribution < -0.4 is 10.9 Å². The zero-order chi connectivity index (χ0) is 23.5. The highest BCUT2D eigenvalue weighted by Gasteiger charge is 2.15. The van der Waals surface area contributed by atoms with E-state index in [1.807, 2.05) is 38.1 Å². The number of esters is 1. The van der Waals surface area contributed by atoms with Crippen molar-refractivity contribution in [3.8, 4) is 0 Å². The minimum absolute atomic E-state index is 0.0152. The van der Waals surface area contributed by atoms with E-state index in [-0.39, 0.29) is 30.9 Å². The number of nitrogens with one attached hydrogen (secondary N) is 1. The van der Waals surface area contributed by atoms with Crippen LogP contribution in [0.3, 0.4) is 0 Å². The van der Waals surface area contributed by atoms with Crippen LogP contribution in [0.1, 0.15) is 59.8 Å². The molecule has 0 aliphatic rings. The number of ether oxygens (including phenoxy) is 1. The summed E-state index contributed by atoms with van der Waals surface area (Å²) in [5.41, 5.74) is 4.21. The fourth-order valence-corrected chi connectivity index (χ4v) is 3.38. The van der Waals surface area contributed by atoms with Gasteiger partial charge in [-0.25, -0.2) is 4.79 Å². The van der Waals surface area contributed by atoms with E-state index in [1.165, 1.54) is 6.07 Å². The molecule has 1 amide bonds. The van der Waals surface area contributed by atoms with Crippen molar-refractivity contribution in [3.05, 3.63) is 80.7 Å². The van der Waals surface area contributed by atoms with Crippen molar-refractivity contribution < 1.29 is 18.7 Å². The monoisotopic (exact) mass is 435 g/mol. The Morgan fingerprint density at radius 3 is 2.38 bits per heavy atom. The van der Waals surface area contributed by atoms with Crippen molar-refractivity contribution in [2.45, 2.75) is 53.1 Å². The van der Waals surface area contributed by atoms with Gasteiger partial charge in [0, 0.05) is 29.1 Å². The summed E-state index contributed by atoms with van der Waals surface area (Å²) in [5, 5.41) is 3.48. The average Bonchev–Trinajstić information content (AvgIpc) is 2.74.